The van der Waals surface area contributed by atoms with E-state index in [1.54, 1.807) is 0 Å². The van der Waals surface area contributed by atoms with Gasteiger partial charge in [-0.25, -0.2) is 4.98 Å². The zero-order chi connectivity index (χ0) is 11.7. The SMILES string of the molecule is CC1CCC(n2cncc2C2CCCN2)CC1. The number of hydrogen-bond donors (Lipinski definition) is 1. The van der Waals surface area contributed by atoms with E-state index in [1.165, 1.54) is 44.2 Å². The number of rotatable bonds is 2. The Kier molecular flexibility index (Phi) is 3.19. The summed E-state index contributed by atoms with van der Waals surface area (Å²) in [6.45, 7) is 3.54. The molecule has 1 atom stereocenters. The average molecular weight is 233 g/mol. The highest BCUT2D eigenvalue weighted by molar-refractivity contribution is 5.09. The van der Waals surface area contributed by atoms with Crippen molar-refractivity contribution in [2.24, 2.45) is 5.92 Å². The van der Waals surface area contributed by atoms with Gasteiger partial charge in [0.15, 0.2) is 0 Å². The Labute approximate surface area is 104 Å². The lowest BCUT2D eigenvalue weighted by molar-refractivity contribution is 0.282. The Morgan fingerprint density at radius 2 is 2.06 bits per heavy atom. The van der Waals surface area contributed by atoms with Crippen LogP contribution in [-0.4, -0.2) is 16.1 Å². The van der Waals surface area contributed by atoms with Crippen LogP contribution in [0.5, 0.6) is 0 Å². The molecule has 1 N–H and O–H groups in total. The average Bonchev–Trinajstić information content (AvgIpc) is 3.00. The molecule has 3 nitrogen and oxygen atoms in total. The van der Waals surface area contributed by atoms with Gasteiger partial charge in [0.1, 0.15) is 0 Å². The summed E-state index contributed by atoms with van der Waals surface area (Å²) >= 11 is 0. The number of nitrogens with one attached hydrogen (secondary N) is 1. The zero-order valence-corrected chi connectivity index (χ0v) is 10.7. The van der Waals surface area contributed by atoms with E-state index in [-0.39, 0.29) is 0 Å². The molecule has 0 amide bonds. The molecule has 1 unspecified atom stereocenters. The van der Waals surface area contributed by atoms with Crippen LogP contribution in [0.25, 0.3) is 0 Å². The van der Waals surface area contributed by atoms with Crippen LogP contribution >= 0.6 is 0 Å². The van der Waals surface area contributed by atoms with E-state index >= 15 is 0 Å². The molecule has 1 aliphatic carbocycles. The Morgan fingerprint density at radius 3 is 2.76 bits per heavy atom. The lowest BCUT2D eigenvalue weighted by Crippen LogP contribution is -2.22. The second kappa shape index (κ2) is 4.81. The molecule has 94 valence electrons. The lowest BCUT2D eigenvalue weighted by Gasteiger charge is -2.29. The molecule has 17 heavy (non-hydrogen) atoms. The normalized spacial score (nSPS) is 34.1. The van der Waals surface area contributed by atoms with Crippen LogP contribution in [-0.2, 0) is 0 Å². The summed E-state index contributed by atoms with van der Waals surface area (Å²) in [5.74, 6) is 0.919. The van der Waals surface area contributed by atoms with Crippen molar-refractivity contribution in [3.05, 3.63) is 18.2 Å². The molecule has 0 aromatic carbocycles. The van der Waals surface area contributed by atoms with Gasteiger partial charge in [0, 0.05) is 18.3 Å². The van der Waals surface area contributed by atoms with Crippen LogP contribution in [0.1, 0.15) is 63.2 Å². The maximum Gasteiger partial charge on any atom is 0.0951 e. The van der Waals surface area contributed by atoms with E-state index < -0.39 is 0 Å². The molecule has 1 saturated heterocycles. The predicted molar refractivity (Wildman–Crippen MR) is 68.9 cm³/mol. The number of nitrogens with zero attached hydrogens (tertiary/aromatic N) is 2. The largest absolute Gasteiger partial charge is 0.330 e. The Bertz CT molecular complexity index is 357. The molecule has 0 bridgehead atoms. The molecule has 2 aliphatic rings. The molecule has 1 aromatic rings. The number of imidazole rings is 1. The summed E-state index contributed by atoms with van der Waals surface area (Å²) in [4.78, 5) is 4.38. The van der Waals surface area contributed by atoms with Crippen molar-refractivity contribution in [3.8, 4) is 0 Å². The fraction of sp³-hybridized carbons (Fsp3) is 0.786. The van der Waals surface area contributed by atoms with Crippen molar-refractivity contribution in [3.63, 3.8) is 0 Å². The Hall–Kier alpha value is -0.830. The summed E-state index contributed by atoms with van der Waals surface area (Å²) in [7, 11) is 0. The molecule has 2 fully saturated rings. The van der Waals surface area contributed by atoms with E-state index in [4.69, 9.17) is 0 Å². The van der Waals surface area contributed by atoms with Gasteiger partial charge in [-0.05, 0) is 51.0 Å². The summed E-state index contributed by atoms with van der Waals surface area (Å²) in [6, 6.07) is 1.25. The smallest absolute Gasteiger partial charge is 0.0951 e. The topological polar surface area (TPSA) is 29.9 Å². The number of hydrogen-bond acceptors (Lipinski definition) is 2. The third kappa shape index (κ3) is 2.25. The summed E-state index contributed by atoms with van der Waals surface area (Å²) in [5.41, 5.74) is 1.42. The Morgan fingerprint density at radius 1 is 1.24 bits per heavy atom. The van der Waals surface area contributed by atoms with E-state index in [0.29, 0.717) is 12.1 Å². The molecule has 0 spiro atoms. The highest BCUT2D eigenvalue weighted by atomic mass is 15.1. The molecule has 3 rings (SSSR count). The van der Waals surface area contributed by atoms with Gasteiger partial charge in [0.2, 0.25) is 0 Å². The van der Waals surface area contributed by atoms with Crippen LogP contribution in [0.15, 0.2) is 12.5 Å². The monoisotopic (exact) mass is 233 g/mol. The quantitative estimate of drug-likeness (QED) is 0.851. The first-order valence-electron chi connectivity index (χ1n) is 7.09. The van der Waals surface area contributed by atoms with Gasteiger partial charge >= 0.3 is 0 Å². The summed E-state index contributed by atoms with van der Waals surface area (Å²) in [5, 5.41) is 3.59. The van der Waals surface area contributed by atoms with Gasteiger partial charge in [-0.15, -0.1) is 0 Å². The fourth-order valence-corrected chi connectivity index (χ4v) is 3.35. The molecule has 1 aromatic heterocycles. The fourth-order valence-electron chi connectivity index (χ4n) is 3.35. The minimum absolute atomic E-state index is 0.553. The molecule has 1 saturated carbocycles. The van der Waals surface area contributed by atoms with Crippen molar-refractivity contribution >= 4 is 0 Å². The van der Waals surface area contributed by atoms with Crippen molar-refractivity contribution in [1.82, 2.24) is 14.9 Å². The van der Waals surface area contributed by atoms with E-state index in [2.05, 4.69) is 34.3 Å². The second-order valence-corrected chi connectivity index (χ2v) is 5.79. The molecule has 2 heterocycles. The van der Waals surface area contributed by atoms with Crippen LogP contribution in [0.4, 0.5) is 0 Å². The highest BCUT2D eigenvalue weighted by Crippen LogP contribution is 2.34. The van der Waals surface area contributed by atoms with Gasteiger partial charge in [-0.1, -0.05) is 6.92 Å². The summed E-state index contributed by atoms with van der Waals surface area (Å²) < 4.78 is 2.45. The molecule has 3 heteroatoms. The third-order valence-corrected chi connectivity index (χ3v) is 4.49. The van der Waals surface area contributed by atoms with Gasteiger partial charge < -0.3 is 9.88 Å². The van der Waals surface area contributed by atoms with Crippen molar-refractivity contribution in [1.29, 1.82) is 0 Å². The first kappa shape index (κ1) is 11.3. The molecular weight excluding hydrogens is 210 g/mol. The van der Waals surface area contributed by atoms with E-state index in [1.807, 2.05) is 0 Å². The van der Waals surface area contributed by atoms with Crippen LogP contribution in [0, 0.1) is 5.92 Å². The first-order valence-corrected chi connectivity index (χ1v) is 7.09. The van der Waals surface area contributed by atoms with Gasteiger partial charge in [0.25, 0.3) is 0 Å². The van der Waals surface area contributed by atoms with E-state index in [0.717, 1.165) is 12.5 Å². The molecule has 1 aliphatic heterocycles. The van der Waals surface area contributed by atoms with Gasteiger partial charge in [-0.3, -0.25) is 0 Å². The van der Waals surface area contributed by atoms with Crippen LogP contribution in [0.2, 0.25) is 0 Å². The minimum Gasteiger partial charge on any atom is -0.330 e. The van der Waals surface area contributed by atoms with Crippen molar-refractivity contribution in [2.45, 2.75) is 57.5 Å². The minimum atomic E-state index is 0.553. The second-order valence-electron chi connectivity index (χ2n) is 5.79. The third-order valence-electron chi connectivity index (χ3n) is 4.49. The van der Waals surface area contributed by atoms with Gasteiger partial charge in [0.05, 0.1) is 12.0 Å². The van der Waals surface area contributed by atoms with Crippen molar-refractivity contribution < 1.29 is 0 Å². The predicted octanol–water partition coefficient (Wildman–Crippen LogP) is 3.06. The molecular formula is C14H23N3. The maximum absolute atomic E-state index is 4.38. The van der Waals surface area contributed by atoms with E-state index in [9.17, 15) is 0 Å². The Balaban J connectivity index is 1.76. The lowest BCUT2D eigenvalue weighted by atomic mass is 9.87. The standard InChI is InChI=1S/C14H23N3/c1-11-4-6-12(7-5-11)17-10-15-9-14(17)13-3-2-8-16-13/h9-13,16H,2-8H2,1H3. The summed E-state index contributed by atoms with van der Waals surface area (Å²) in [6.07, 6.45) is 12.1. The van der Waals surface area contributed by atoms with Crippen LogP contribution < -0.4 is 5.32 Å². The highest BCUT2D eigenvalue weighted by Gasteiger charge is 2.25. The number of aromatic nitrogens is 2. The van der Waals surface area contributed by atoms with Gasteiger partial charge in [-0.2, -0.15) is 0 Å². The first-order chi connectivity index (χ1) is 8.34. The van der Waals surface area contributed by atoms with Crippen LogP contribution in [0.3, 0.4) is 0 Å². The van der Waals surface area contributed by atoms with Crippen molar-refractivity contribution in [2.75, 3.05) is 6.54 Å². The maximum atomic E-state index is 4.38. The zero-order valence-electron chi connectivity index (χ0n) is 10.7. The molecule has 0 radical (unpaired) electrons.